The van der Waals surface area contributed by atoms with Gasteiger partial charge in [-0.15, -0.1) is 0 Å². The number of nitrogens with one attached hydrogen (secondary N) is 1. The summed E-state index contributed by atoms with van der Waals surface area (Å²) in [6.45, 7) is 0.207. The van der Waals surface area contributed by atoms with E-state index in [4.69, 9.17) is 9.47 Å². The zero-order valence-corrected chi connectivity index (χ0v) is 17.1. The van der Waals surface area contributed by atoms with Crippen molar-refractivity contribution in [3.05, 3.63) is 72.2 Å². The molecule has 1 aliphatic rings. The smallest absolute Gasteiger partial charge is 0.244 e. The predicted octanol–water partition coefficient (Wildman–Crippen LogP) is 4.23. The third kappa shape index (κ3) is 4.17. The highest BCUT2D eigenvalue weighted by Crippen LogP contribution is 2.34. The van der Waals surface area contributed by atoms with E-state index in [2.05, 4.69) is 15.3 Å². The monoisotopic (exact) mass is 436 g/mol. The number of halogens is 1. The Bertz CT molecular complexity index is 1280. The van der Waals surface area contributed by atoms with E-state index in [9.17, 15) is 9.18 Å². The molecule has 9 heteroatoms. The summed E-state index contributed by atoms with van der Waals surface area (Å²) in [4.78, 5) is 21.8. The molecule has 3 heterocycles. The van der Waals surface area contributed by atoms with Crippen LogP contribution in [-0.2, 0) is 17.1 Å². The summed E-state index contributed by atoms with van der Waals surface area (Å²) in [6.07, 6.45) is 1.66. The third-order valence-corrected chi connectivity index (χ3v) is 5.73. The molecule has 0 atom stereocenters. The standard InChI is InChI=1S/C22H17FN4O3S/c23-15-4-1-3-14(9-15)12-31-22-26-17-5-2-8-24-21(17)27(22)11-20(28)25-16-6-7-18-19(10-16)30-13-29-18/h1-10H,11-13H2,(H,25,28). The summed E-state index contributed by atoms with van der Waals surface area (Å²) in [7, 11) is 0. The number of anilines is 1. The molecule has 2 aromatic heterocycles. The van der Waals surface area contributed by atoms with Gasteiger partial charge in [0.15, 0.2) is 22.3 Å². The number of fused-ring (bicyclic) bond motifs is 2. The van der Waals surface area contributed by atoms with Crippen LogP contribution in [0, 0.1) is 5.82 Å². The van der Waals surface area contributed by atoms with Gasteiger partial charge in [-0.2, -0.15) is 0 Å². The summed E-state index contributed by atoms with van der Waals surface area (Å²) in [6, 6.07) is 15.3. The number of aromatic nitrogens is 3. The Hall–Kier alpha value is -3.59. The van der Waals surface area contributed by atoms with Gasteiger partial charge < -0.3 is 14.8 Å². The summed E-state index contributed by atoms with van der Waals surface area (Å²) in [5, 5.41) is 3.51. The maximum atomic E-state index is 13.5. The van der Waals surface area contributed by atoms with Crippen LogP contribution in [0.25, 0.3) is 11.2 Å². The van der Waals surface area contributed by atoms with Crippen molar-refractivity contribution in [3.63, 3.8) is 0 Å². The number of amides is 1. The SMILES string of the molecule is O=C(Cn1c(SCc2cccc(F)c2)nc2cccnc21)Nc1ccc2c(c1)OCO2. The van der Waals surface area contributed by atoms with Gasteiger partial charge in [-0.05, 0) is 42.0 Å². The molecule has 0 bridgehead atoms. The number of carbonyl (C=O) groups is 1. The van der Waals surface area contributed by atoms with Gasteiger partial charge in [0.2, 0.25) is 12.7 Å². The second-order valence-electron chi connectivity index (χ2n) is 6.86. The van der Waals surface area contributed by atoms with Crippen molar-refractivity contribution in [2.45, 2.75) is 17.5 Å². The van der Waals surface area contributed by atoms with Crippen LogP contribution in [-0.4, -0.2) is 27.2 Å². The average molecular weight is 436 g/mol. The first-order valence-corrected chi connectivity index (χ1v) is 10.5. The third-order valence-electron chi connectivity index (χ3n) is 4.68. The van der Waals surface area contributed by atoms with Gasteiger partial charge in [-0.1, -0.05) is 23.9 Å². The number of ether oxygens (including phenoxy) is 2. The van der Waals surface area contributed by atoms with Gasteiger partial charge in [0.25, 0.3) is 0 Å². The summed E-state index contributed by atoms with van der Waals surface area (Å²) in [5.41, 5.74) is 2.76. The topological polar surface area (TPSA) is 78.3 Å². The van der Waals surface area contributed by atoms with Crippen molar-refractivity contribution >= 4 is 34.5 Å². The quantitative estimate of drug-likeness (QED) is 0.456. The second kappa shape index (κ2) is 8.27. The highest BCUT2D eigenvalue weighted by Gasteiger charge is 2.17. The van der Waals surface area contributed by atoms with E-state index in [1.54, 1.807) is 41.1 Å². The highest BCUT2D eigenvalue weighted by atomic mass is 32.2. The zero-order chi connectivity index (χ0) is 21.2. The Morgan fingerprint density at radius 3 is 2.94 bits per heavy atom. The molecule has 0 saturated carbocycles. The van der Waals surface area contributed by atoms with E-state index in [1.165, 1.54) is 23.9 Å². The number of imidazole rings is 1. The molecule has 1 aliphatic heterocycles. The Labute approximate surface area is 181 Å². The van der Waals surface area contributed by atoms with Gasteiger partial charge >= 0.3 is 0 Å². The van der Waals surface area contributed by atoms with Crippen LogP contribution in [0.4, 0.5) is 10.1 Å². The zero-order valence-electron chi connectivity index (χ0n) is 16.2. The minimum Gasteiger partial charge on any atom is -0.454 e. The van der Waals surface area contributed by atoms with Crippen molar-refractivity contribution < 1.29 is 18.7 Å². The van der Waals surface area contributed by atoms with Crippen molar-refractivity contribution in [1.82, 2.24) is 14.5 Å². The van der Waals surface area contributed by atoms with Gasteiger partial charge in [-0.3, -0.25) is 9.36 Å². The van der Waals surface area contributed by atoms with Crippen LogP contribution in [0.3, 0.4) is 0 Å². The van der Waals surface area contributed by atoms with Crippen molar-refractivity contribution in [3.8, 4) is 11.5 Å². The molecular formula is C22H17FN4O3S. The lowest BCUT2D eigenvalue weighted by molar-refractivity contribution is -0.116. The Morgan fingerprint density at radius 1 is 1.13 bits per heavy atom. The molecule has 1 amide bonds. The lowest BCUT2D eigenvalue weighted by Gasteiger charge is -2.10. The first kappa shape index (κ1) is 19.4. The maximum Gasteiger partial charge on any atom is 0.244 e. The molecule has 0 aliphatic carbocycles. The molecular weight excluding hydrogens is 419 g/mol. The molecule has 0 saturated heterocycles. The van der Waals surface area contributed by atoms with Gasteiger partial charge in [0.1, 0.15) is 17.9 Å². The molecule has 7 nitrogen and oxygen atoms in total. The normalized spacial score (nSPS) is 12.3. The van der Waals surface area contributed by atoms with E-state index in [-0.39, 0.29) is 25.1 Å². The first-order chi connectivity index (χ1) is 15.2. The fourth-order valence-electron chi connectivity index (χ4n) is 3.28. The second-order valence-corrected chi connectivity index (χ2v) is 7.80. The largest absolute Gasteiger partial charge is 0.454 e. The lowest BCUT2D eigenvalue weighted by Crippen LogP contribution is -2.19. The number of pyridine rings is 1. The molecule has 156 valence electrons. The van der Waals surface area contributed by atoms with Crippen LogP contribution in [0.1, 0.15) is 5.56 Å². The van der Waals surface area contributed by atoms with Gasteiger partial charge in [0.05, 0.1) is 0 Å². The van der Waals surface area contributed by atoms with Gasteiger partial charge in [-0.25, -0.2) is 14.4 Å². The molecule has 0 radical (unpaired) electrons. The van der Waals surface area contributed by atoms with E-state index in [0.717, 1.165) is 5.56 Å². The van der Waals surface area contributed by atoms with Crippen molar-refractivity contribution in [1.29, 1.82) is 0 Å². The molecule has 31 heavy (non-hydrogen) atoms. The molecule has 0 spiro atoms. The number of carbonyl (C=O) groups excluding carboxylic acids is 1. The van der Waals surface area contributed by atoms with Gasteiger partial charge in [0, 0.05) is 23.7 Å². The van der Waals surface area contributed by atoms with Crippen LogP contribution in [0.15, 0.2) is 66.0 Å². The Morgan fingerprint density at radius 2 is 2.03 bits per heavy atom. The average Bonchev–Trinajstić information content (AvgIpc) is 3.37. The highest BCUT2D eigenvalue weighted by molar-refractivity contribution is 7.98. The molecule has 4 aromatic rings. The maximum absolute atomic E-state index is 13.5. The van der Waals surface area contributed by atoms with E-state index >= 15 is 0 Å². The molecule has 1 N–H and O–H groups in total. The van der Waals surface area contributed by atoms with Crippen LogP contribution in [0.5, 0.6) is 11.5 Å². The number of benzene rings is 2. The number of hydrogen-bond donors (Lipinski definition) is 1. The summed E-state index contributed by atoms with van der Waals surface area (Å²) < 4.78 is 25.9. The van der Waals surface area contributed by atoms with Crippen molar-refractivity contribution in [2.75, 3.05) is 12.1 Å². The minimum absolute atomic E-state index is 0.0352. The molecule has 0 fully saturated rings. The molecule has 0 unspecified atom stereocenters. The van der Waals surface area contributed by atoms with E-state index in [1.807, 2.05) is 12.1 Å². The Balaban J connectivity index is 1.36. The lowest BCUT2D eigenvalue weighted by atomic mass is 10.2. The fourth-order valence-corrected chi connectivity index (χ4v) is 4.23. The fraction of sp³-hybridized carbons (Fsp3) is 0.136. The summed E-state index contributed by atoms with van der Waals surface area (Å²) >= 11 is 1.43. The number of rotatable bonds is 6. The van der Waals surface area contributed by atoms with Crippen LogP contribution in [0.2, 0.25) is 0 Å². The summed E-state index contributed by atoms with van der Waals surface area (Å²) in [5.74, 6) is 1.26. The van der Waals surface area contributed by atoms with Crippen LogP contribution >= 0.6 is 11.8 Å². The van der Waals surface area contributed by atoms with Crippen molar-refractivity contribution in [2.24, 2.45) is 0 Å². The van der Waals surface area contributed by atoms with E-state index < -0.39 is 0 Å². The number of hydrogen-bond acceptors (Lipinski definition) is 6. The minimum atomic E-state index is -0.281. The molecule has 5 rings (SSSR count). The first-order valence-electron chi connectivity index (χ1n) is 9.54. The predicted molar refractivity (Wildman–Crippen MR) is 115 cm³/mol. The molecule has 2 aromatic carbocycles. The van der Waals surface area contributed by atoms with E-state index in [0.29, 0.717) is 39.3 Å². The number of thioether (sulfide) groups is 1. The number of nitrogens with zero attached hydrogens (tertiary/aromatic N) is 3. The van der Waals surface area contributed by atoms with Crippen LogP contribution < -0.4 is 14.8 Å². The Kier molecular flexibility index (Phi) is 5.17.